The van der Waals surface area contributed by atoms with Gasteiger partial charge in [-0.15, -0.1) is 0 Å². The van der Waals surface area contributed by atoms with Gasteiger partial charge in [0.25, 0.3) is 5.91 Å². The number of fused-ring (bicyclic) bond motifs is 1. The molecule has 24 heavy (non-hydrogen) atoms. The maximum atomic E-state index is 13.1. The lowest BCUT2D eigenvalue weighted by molar-refractivity contribution is -0.116. The molecule has 2 fully saturated rings. The van der Waals surface area contributed by atoms with Gasteiger partial charge in [0.05, 0.1) is 23.6 Å². The summed E-state index contributed by atoms with van der Waals surface area (Å²) in [6.45, 7) is 0.336. The molecule has 6 nitrogen and oxygen atoms in total. The molecular formula is C15H14FN3O3S2. The van der Waals surface area contributed by atoms with Crippen molar-refractivity contribution >= 4 is 32.7 Å². The first-order valence-corrected chi connectivity index (χ1v) is 9.95. The number of rotatable bonds is 3. The van der Waals surface area contributed by atoms with Crippen LogP contribution in [0.4, 0.5) is 4.39 Å². The number of benzene rings is 1. The van der Waals surface area contributed by atoms with Crippen molar-refractivity contribution in [2.75, 3.05) is 11.5 Å². The Balaban J connectivity index is 1.88. The zero-order chi connectivity index (χ0) is 17.3. The molecule has 2 atom stereocenters. The lowest BCUT2D eigenvalue weighted by Crippen LogP contribution is -2.37. The topological polar surface area (TPSA) is 90.6 Å². The van der Waals surface area contributed by atoms with E-state index in [9.17, 15) is 17.6 Å². The van der Waals surface area contributed by atoms with Gasteiger partial charge in [-0.3, -0.25) is 4.79 Å². The highest BCUT2D eigenvalue weighted by atomic mass is 32.2. The van der Waals surface area contributed by atoms with Gasteiger partial charge in [-0.1, -0.05) is 23.9 Å². The van der Waals surface area contributed by atoms with Crippen molar-refractivity contribution in [2.24, 2.45) is 4.99 Å². The number of aliphatic imine (C=N–C) groups is 1. The molecule has 0 radical (unpaired) electrons. The fourth-order valence-corrected chi connectivity index (χ4v) is 6.79. The van der Waals surface area contributed by atoms with Crippen LogP contribution >= 0.6 is 11.8 Å². The van der Waals surface area contributed by atoms with Crippen LogP contribution in [0, 0.1) is 17.1 Å². The Hall–Kier alpha value is -1.92. The number of nitriles is 1. The molecule has 1 aromatic carbocycles. The minimum absolute atomic E-state index is 0.0112. The van der Waals surface area contributed by atoms with E-state index in [4.69, 9.17) is 5.26 Å². The Bertz CT molecular complexity index is 831. The van der Waals surface area contributed by atoms with Crippen LogP contribution in [-0.4, -0.2) is 47.2 Å². The van der Waals surface area contributed by atoms with Gasteiger partial charge in [0, 0.05) is 11.8 Å². The molecule has 0 N–H and O–H groups in total. The molecular weight excluding hydrogens is 353 g/mol. The molecule has 2 heterocycles. The van der Waals surface area contributed by atoms with E-state index in [1.54, 1.807) is 23.1 Å². The van der Waals surface area contributed by atoms with Crippen LogP contribution < -0.4 is 0 Å². The maximum Gasteiger partial charge on any atom is 0.262 e. The first-order chi connectivity index (χ1) is 11.4. The second-order valence-corrected chi connectivity index (χ2v) is 9.04. The summed E-state index contributed by atoms with van der Waals surface area (Å²) in [5.74, 6) is -0.841. The molecule has 9 heteroatoms. The summed E-state index contributed by atoms with van der Waals surface area (Å²) in [6, 6.07) is 7.39. The average Bonchev–Trinajstić information content (AvgIpc) is 2.95. The van der Waals surface area contributed by atoms with Crippen molar-refractivity contribution in [3.8, 4) is 6.07 Å². The summed E-state index contributed by atoms with van der Waals surface area (Å²) in [6.07, 6.45) is -0.317. The van der Waals surface area contributed by atoms with E-state index in [0.717, 1.165) is 5.56 Å². The predicted octanol–water partition coefficient (Wildman–Crippen LogP) is 1.34. The van der Waals surface area contributed by atoms with Gasteiger partial charge in [0.1, 0.15) is 12.2 Å². The van der Waals surface area contributed by atoms with Gasteiger partial charge in [-0.05, 0) is 17.7 Å². The molecule has 0 spiro atoms. The Morgan fingerprint density at radius 2 is 2.08 bits per heavy atom. The number of amidine groups is 1. The molecule has 3 rings (SSSR count). The smallest absolute Gasteiger partial charge is 0.262 e. The van der Waals surface area contributed by atoms with Crippen molar-refractivity contribution in [3.63, 3.8) is 0 Å². The molecule has 2 saturated heterocycles. The number of sulfone groups is 1. The quantitative estimate of drug-likeness (QED) is 0.801. The first-order valence-electron chi connectivity index (χ1n) is 7.24. The molecule has 0 unspecified atom stereocenters. The Labute approximate surface area is 143 Å². The van der Waals surface area contributed by atoms with Crippen molar-refractivity contribution in [1.29, 1.82) is 5.26 Å². The monoisotopic (exact) mass is 367 g/mol. The summed E-state index contributed by atoms with van der Waals surface area (Å²) >= 11 is 1.26. The molecule has 0 bridgehead atoms. The highest BCUT2D eigenvalue weighted by Gasteiger charge is 2.48. The fraction of sp³-hybridized carbons (Fsp3) is 0.400. The third-order valence-corrected chi connectivity index (χ3v) is 7.14. The SMILES string of the molecule is N#CCC(=O)N=C1S[C@H]2CS(=O)(=O)C[C@H]2N1Cc1ccc(F)cc1. The van der Waals surface area contributed by atoms with Gasteiger partial charge in [0.15, 0.2) is 15.0 Å². The number of thioether (sulfide) groups is 1. The predicted molar refractivity (Wildman–Crippen MR) is 88.4 cm³/mol. The summed E-state index contributed by atoms with van der Waals surface area (Å²) in [7, 11) is -3.11. The lowest BCUT2D eigenvalue weighted by Gasteiger charge is -2.24. The van der Waals surface area contributed by atoms with Crippen LogP contribution in [0.15, 0.2) is 29.3 Å². The third-order valence-electron chi connectivity index (χ3n) is 3.89. The van der Waals surface area contributed by atoms with Crippen LogP contribution in [0.3, 0.4) is 0 Å². The summed E-state index contributed by atoms with van der Waals surface area (Å²) < 4.78 is 36.8. The second-order valence-electron chi connectivity index (χ2n) is 5.68. The van der Waals surface area contributed by atoms with Gasteiger partial charge in [-0.25, -0.2) is 12.8 Å². The van der Waals surface area contributed by atoms with E-state index in [-0.39, 0.29) is 35.0 Å². The molecule has 0 saturated carbocycles. The maximum absolute atomic E-state index is 13.1. The van der Waals surface area contributed by atoms with Crippen molar-refractivity contribution in [3.05, 3.63) is 35.6 Å². The number of carbonyl (C=O) groups is 1. The number of carbonyl (C=O) groups excluding carboxylic acids is 1. The van der Waals surface area contributed by atoms with Crippen LogP contribution in [-0.2, 0) is 21.2 Å². The minimum atomic E-state index is -3.11. The highest BCUT2D eigenvalue weighted by Crippen LogP contribution is 2.39. The largest absolute Gasteiger partial charge is 0.342 e. The molecule has 126 valence electrons. The van der Waals surface area contributed by atoms with Crippen LogP contribution in [0.5, 0.6) is 0 Å². The fourth-order valence-electron chi connectivity index (χ4n) is 2.82. The molecule has 0 aromatic heterocycles. The van der Waals surface area contributed by atoms with Crippen LogP contribution in [0.1, 0.15) is 12.0 Å². The molecule has 0 aliphatic carbocycles. The normalized spacial score (nSPS) is 26.3. The van der Waals surface area contributed by atoms with Gasteiger partial charge in [0.2, 0.25) is 0 Å². The van der Waals surface area contributed by atoms with Gasteiger partial charge < -0.3 is 4.90 Å². The van der Waals surface area contributed by atoms with Crippen molar-refractivity contribution in [1.82, 2.24) is 4.90 Å². The third kappa shape index (κ3) is 3.60. The zero-order valence-electron chi connectivity index (χ0n) is 12.6. The molecule has 1 amide bonds. The molecule has 1 aromatic rings. The summed E-state index contributed by atoms with van der Waals surface area (Å²) in [4.78, 5) is 17.4. The highest BCUT2D eigenvalue weighted by molar-refractivity contribution is 8.15. The number of nitrogens with zero attached hydrogens (tertiary/aromatic N) is 3. The Morgan fingerprint density at radius 3 is 2.75 bits per heavy atom. The second kappa shape index (κ2) is 6.53. The first kappa shape index (κ1) is 16.9. The minimum Gasteiger partial charge on any atom is -0.342 e. The molecule has 2 aliphatic heterocycles. The number of hydrogen-bond acceptors (Lipinski definition) is 5. The number of hydrogen-bond donors (Lipinski definition) is 0. The lowest BCUT2D eigenvalue weighted by atomic mass is 10.1. The van der Waals surface area contributed by atoms with E-state index in [1.165, 1.54) is 23.9 Å². The van der Waals surface area contributed by atoms with Crippen molar-refractivity contribution < 1.29 is 17.6 Å². The average molecular weight is 367 g/mol. The van der Waals surface area contributed by atoms with E-state index in [2.05, 4.69) is 4.99 Å². The number of amides is 1. The standard InChI is InChI=1S/C15H14FN3O3S2/c16-11-3-1-10(2-4-11)7-19-12-8-24(21,22)9-13(12)23-15(19)18-14(20)5-6-17/h1-4,12-13H,5,7-9H2/t12-,13+/m1/s1. The van der Waals surface area contributed by atoms with Crippen LogP contribution in [0.2, 0.25) is 0 Å². The summed E-state index contributed by atoms with van der Waals surface area (Å²) in [5, 5.41) is 8.85. The van der Waals surface area contributed by atoms with E-state index >= 15 is 0 Å². The van der Waals surface area contributed by atoms with Gasteiger partial charge >= 0.3 is 0 Å². The molecule has 2 aliphatic rings. The van der Waals surface area contributed by atoms with E-state index in [1.807, 2.05) is 0 Å². The summed E-state index contributed by atoms with van der Waals surface area (Å²) in [5.41, 5.74) is 0.794. The van der Waals surface area contributed by atoms with Crippen molar-refractivity contribution in [2.45, 2.75) is 24.3 Å². The Kier molecular flexibility index (Phi) is 4.60. The Morgan fingerprint density at radius 1 is 1.38 bits per heavy atom. The number of halogens is 1. The van der Waals surface area contributed by atoms with Crippen LogP contribution in [0.25, 0.3) is 0 Å². The zero-order valence-corrected chi connectivity index (χ0v) is 14.2. The van der Waals surface area contributed by atoms with Gasteiger partial charge in [-0.2, -0.15) is 10.3 Å². The van der Waals surface area contributed by atoms with E-state index in [0.29, 0.717) is 11.7 Å². The van der Waals surface area contributed by atoms with E-state index < -0.39 is 15.7 Å².